The largest absolute Gasteiger partial charge is 0.494 e. The van der Waals surface area contributed by atoms with Crippen molar-refractivity contribution in [1.82, 2.24) is 20.1 Å². The molecule has 1 aromatic carbocycles. The number of aromatic nitrogens is 3. The molecule has 0 aliphatic carbocycles. The van der Waals surface area contributed by atoms with Crippen LogP contribution in [-0.2, 0) is 6.54 Å². The van der Waals surface area contributed by atoms with Crippen LogP contribution < -0.4 is 14.8 Å². The van der Waals surface area contributed by atoms with Crippen LogP contribution in [0.25, 0.3) is 0 Å². The van der Waals surface area contributed by atoms with Gasteiger partial charge in [-0.25, -0.2) is 4.98 Å². The molecule has 0 unspecified atom stereocenters. The maximum atomic E-state index is 5.95. The van der Waals surface area contributed by atoms with Gasteiger partial charge >= 0.3 is 0 Å². The van der Waals surface area contributed by atoms with Crippen molar-refractivity contribution in [2.75, 3.05) is 36.3 Å². The highest BCUT2D eigenvalue weighted by Crippen LogP contribution is 2.25. The monoisotopic (exact) mass is 456 g/mol. The molecule has 1 aliphatic heterocycles. The lowest BCUT2D eigenvalue weighted by Crippen LogP contribution is -2.29. The van der Waals surface area contributed by atoms with Gasteiger partial charge in [-0.3, -0.25) is 9.62 Å². The standard InChI is InChI=1S/C22H28N6OS2/c1-4-13-28(14-5-1)17-18-8-6-9-19(16-18)29-15-7-12-24-21-25-26-22(30-21)27-31-20-10-2-3-11-23-20/h2-3,6,8-11,16H,1,4-5,7,12-15,17H2,(H,24,25)(H,26,27). The van der Waals surface area contributed by atoms with E-state index >= 15 is 0 Å². The Hall–Kier alpha value is -2.36. The minimum Gasteiger partial charge on any atom is -0.494 e. The number of hydrogen-bond donors (Lipinski definition) is 2. The fraction of sp³-hybridized carbons (Fsp3) is 0.409. The highest BCUT2D eigenvalue weighted by Gasteiger charge is 2.10. The zero-order chi connectivity index (χ0) is 21.1. The number of anilines is 2. The van der Waals surface area contributed by atoms with Gasteiger partial charge in [0, 0.05) is 31.2 Å². The normalized spacial score (nSPS) is 14.3. The summed E-state index contributed by atoms with van der Waals surface area (Å²) < 4.78 is 9.12. The molecule has 164 valence electrons. The summed E-state index contributed by atoms with van der Waals surface area (Å²) in [6.45, 7) is 4.89. The number of ether oxygens (including phenoxy) is 1. The van der Waals surface area contributed by atoms with Crippen LogP contribution in [-0.4, -0.2) is 46.3 Å². The number of hydrogen-bond acceptors (Lipinski definition) is 9. The summed E-state index contributed by atoms with van der Waals surface area (Å²) in [6, 6.07) is 14.3. The van der Waals surface area contributed by atoms with Crippen LogP contribution in [0, 0.1) is 0 Å². The second-order valence-electron chi connectivity index (χ2n) is 7.40. The van der Waals surface area contributed by atoms with Gasteiger partial charge in [0.25, 0.3) is 0 Å². The number of benzene rings is 1. The van der Waals surface area contributed by atoms with Gasteiger partial charge in [0.15, 0.2) is 0 Å². The van der Waals surface area contributed by atoms with E-state index in [1.54, 1.807) is 6.20 Å². The van der Waals surface area contributed by atoms with Crippen molar-refractivity contribution in [2.45, 2.75) is 37.3 Å². The SMILES string of the molecule is c1ccc(SNc2nnc(NCCCOc3cccc(CN4CCCCC4)c3)s2)nc1. The molecule has 0 bridgehead atoms. The first-order valence-corrected chi connectivity index (χ1v) is 12.3. The number of pyridine rings is 1. The number of rotatable bonds is 11. The van der Waals surface area contributed by atoms with Crippen LogP contribution in [0.3, 0.4) is 0 Å². The van der Waals surface area contributed by atoms with Crippen LogP contribution in [0.2, 0.25) is 0 Å². The average Bonchev–Trinajstić information content (AvgIpc) is 3.27. The van der Waals surface area contributed by atoms with E-state index in [0.717, 1.165) is 40.5 Å². The van der Waals surface area contributed by atoms with Gasteiger partial charge in [-0.15, -0.1) is 10.2 Å². The Kier molecular flexibility index (Phi) is 8.37. The van der Waals surface area contributed by atoms with Gasteiger partial charge in [-0.2, -0.15) is 0 Å². The molecule has 1 saturated heterocycles. The average molecular weight is 457 g/mol. The molecule has 7 nitrogen and oxygen atoms in total. The Bertz CT molecular complexity index is 917. The molecular weight excluding hydrogens is 428 g/mol. The predicted molar refractivity (Wildman–Crippen MR) is 128 cm³/mol. The lowest BCUT2D eigenvalue weighted by Gasteiger charge is -2.26. The molecule has 0 radical (unpaired) electrons. The van der Waals surface area contributed by atoms with Gasteiger partial charge in [0.1, 0.15) is 10.8 Å². The maximum absolute atomic E-state index is 5.95. The summed E-state index contributed by atoms with van der Waals surface area (Å²) in [6.07, 6.45) is 6.66. The fourth-order valence-electron chi connectivity index (χ4n) is 3.41. The van der Waals surface area contributed by atoms with Gasteiger partial charge in [0.05, 0.1) is 6.61 Å². The van der Waals surface area contributed by atoms with E-state index < -0.39 is 0 Å². The quantitative estimate of drug-likeness (QED) is 0.311. The first-order valence-electron chi connectivity index (χ1n) is 10.7. The van der Waals surface area contributed by atoms with E-state index in [0.29, 0.717) is 6.61 Å². The molecule has 0 spiro atoms. The molecule has 0 saturated carbocycles. The molecule has 3 heterocycles. The van der Waals surface area contributed by atoms with Crippen molar-refractivity contribution in [3.8, 4) is 5.75 Å². The topological polar surface area (TPSA) is 75.2 Å². The molecule has 4 rings (SSSR count). The third-order valence-electron chi connectivity index (χ3n) is 4.93. The van der Waals surface area contributed by atoms with E-state index in [-0.39, 0.29) is 0 Å². The molecule has 9 heteroatoms. The van der Waals surface area contributed by atoms with Crippen molar-refractivity contribution in [1.29, 1.82) is 0 Å². The summed E-state index contributed by atoms with van der Waals surface area (Å²) >= 11 is 2.91. The van der Waals surface area contributed by atoms with E-state index in [1.165, 1.54) is 61.2 Å². The van der Waals surface area contributed by atoms with Crippen molar-refractivity contribution in [3.05, 3.63) is 54.2 Å². The number of likely N-dealkylation sites (tertiary alicyclic amines) is 1. The molecule has 0 amide bonds. The van der Waals surface area contributed by atoms with Crippen LogP contribution >= 0.6 is 23.3 Å². The lowest BCUT2D eigenvalue weighted by molar-refractivity contribution is 0.220. The summed E-state index contributed by atoms with van der Waals surface area (Å²) in [5.41, 5.74) is 1.33. The Balaban J connectivity index is 1.13. The minimum absolute atomic E-state index is 0.666. The van der Waals surface area contributed by atoms with Crippen LogP contribution in [0.5, 0.6) is 5.75 Å². The van der Waals surface area contributed by atoms with Gasteiger partial charge in [-0.1, -0.05) is 36.0 Å². The summed E-state index contributed by atoms with van der Waals surface area (Å²) in [7, 11) is 0. The summed E-state index contributed by atoms with van der Waals surface area (Å²) in [4.78, 5) is 6.79. The highest BCUT2D eigenvalue weighted by atomic mass is 32.2. The highest BCUT2D eigenvalue weighted by molar-refractivity contribution is 8.00. The van der Waals surface area contributed by atoms with Gasteiger partial charge in [-0.05, 0) is 62.2 Å². The number of piperidine rings is 1. The van der Waals surface area contributed by atoms with E-state index in [2.05, 4.69) is 48.3 Å². The van der Waals surface area contributed by atoms with E-state index in [4.69, 9.17) is 4.74 Å². The first kappa shape index (κ1) is 21.9. The zero-order valence-corrected chi connectivity index (χ0v) is 19.1. The molecule has 2 N–H and O–H groups in total. The molecule has 1 fully saturated rings. The first-order chi connectivity index (χ1) is 15.3. The minimum atomic E-state index is 0.666. The summed E-state index contributed by atoms with van der Waals surface area (Å²) in [5.74, 6) is 0.948. The molecule has 2 aromatic heterocycles. The smallest absolute Gasteiger partial charge is 0.217 e. The molecular formula is C22H28N6OS2. The van der Waals surface area contributed by atoms with Crippen molar-refractivity contribution in [2.24, 2.45) is 0 Å². The molecule has 0 atom stereocenters. The Labute approximate surface area is 191 Å². The Morgan fingerprint density at radius 1 is 1.03 bits per heavy atom. The van der Waals surface area contributed by atoms with Crippen molar-refractivity contribution >= 4 is 33.5 Å². The Morgan fingerprint density at radius 2 is 1.94 bits per heavy atom. The second kappa shape index (κ2) is 11.9. The number of nitrogens with one attached hydrogen (secondary N) is 2. The van der Waals surface area contributed by atoms with Crippen LogP contribution in [0.15, 0.2) is 53.7 Å². The Morgan fingerprint density at radius 3 is 2.81 bits per heavy atom. The number of nitrogens with zero attached hydrogens (tertiary/aromatic N) is 4. The van der Waals surface area contributed by atoms with Crippen LogP contribution in [0.1, 0.15) is 31.2 Å². The molecule has 31 heavy (non-hydrogen) atoms. The molecule has 3 aromatic rings. The van der Waals surface area contributed by atoms with Crippen molar-refractivity contribution < 1.29 is 4.74 Å². The maximum Gasteiger partial charge on any atom is 0.217 e. The van der Waals surface area contributed by atoms with Gasteiger partial charge in [0.2, 0.25) is 10.3 Å². The third-order valence-corrected chi connectivity index (χ3v) is 6.60. The predicted octanol–water partition coefficient (Wildman–Crippen LogP) is 4.92. The molecule has 1 aliphatic rings. The van der Waals surface area contributed by atoms with E-state index in [1.807, 2.05) is 24.3 Å². The second-order valence-corrected chi connectivity index (χ2v) is 9.20. The zero-order valence-electron chi connectivity index (χ0n) is 17.5. The van der Waals surface area contributed by atoms with Gasteiger partial charge < -0.3 is 10.1 Å². The lowest BCUT2D eigenvalue weighted by atomic mass is 10.1. The fourth-order valence-corrected chi connectivity index (χ4v) is 4.71. The van der Waals surface area contributed by atoms with E-state index in [9.17, 15) is 0 Å². The van der Waals surface area contributed by atoms with Crippen LogP contribution in [0.4, 0.5) is 10.3 Å². The third kappa shape index (κ3) is 7.37. The summed E-state index contributed by atoms with van der Waals surface area (Å²) in [5, 5.41) is 14.1. The van der Waals surface area contributed by atoms with Crippen molar-refractivity contribution in [3.63, 3.8) is 0 Å².